The van der Waals surface area contributed by atoms with Crippen LogP contribution in [0.25, 0.3) is 33.5 Å². The fourth-order valence-electron chi connectivity index (χ4n) is 4.98. The quantitative estimate of drug-likeness (QED) is 0.155. The second-order valence-electron chi connectivity index (χ2n) is 9.98. The van der Waals surface area contributed by atoms with Crippen molar-refractivity contribution in [3.05, 3.63) is 111 Å². The standard InChI is InChI=1S/C33H26Cl2FN5O/c1-3-5-28(19-8-11-21(34)12-9-19)41-33(42)20-10-13-22(24(15-20)27(38)17-37)31-23(6-4-7-25(31)35)32-39-29-14-18(2)26(36)16-30(29)40-32/h4,6-16,28,38H,3,5H2,1-2H3,(H,39,40)(H,41,42). The number of imidazole rings is 1. The zero-order valence-corrected chi connectivity index (χ0v) is 24.4. The van der Waals surface area contributed by atoms with E-state index < -0.39 is 0 Å². The summed E-state index contributed by atoms with van der Waals surface area (Å²) in [5.41, 5.74) is 4.38. The monoisotopic (exact) mass is 597 g/mol. The molecule has 1 atom stereocenters. The normalized spacial score (nSPS) is 11.7. The number of carbonyl (C=O) groups excluding carboxylic acids is 1. The molecule has 6 nitrogen and oxygen atoms in total. The van der Waals surface area contributed by atoms with Gasteiger partial charge in [-0.05, 0) is 66.4 Å². The molecule has 0 aliphatic rings. The predicted octanol–water partition coefficient (Wildman–Crippen LogP) is 8.81. The van der Waals surface area contributed by atoms with E-state index in [1.54, 1.807) is 49.4 Å². The molecule has 0 fully saturated rings. The van der Waals surface area contributed by atoms with Crippen molar-refractivity contribution in [1.29, 1.82) is 10.7 Å². The molecular formula is C33H26Cl2FN5O. The number of aromatic amines is 1. The topological polar surface area (TPSA) is 105 Å². The van der Waals surface area contributed by atoms with E-state index in [1.165, 1.54) is 12.1 Å². The molecule has 42 heavy (non-hydrogen) atoms. The maximum Gasteiger partial charge on any atom is 0.251 e. The van der Waals surface area contributed by atoms with Gasteiger partial charge >= 0.3 is 0 Å². The molecule has 0 spiro atoms. The second kappa shape index (κ2) is 12.2. The van der Waals surface area contributed by atoms with Gasteiger partial charge in [0.15, 0.2) is 0 Å². The summed E-state index contributed by atoms with van der Waals surface area (Å²) >= 11 is 12.8. The highest BCUT2D eigenvalue weighted by Crippen LogP contribution is 2.39. The highest BCUT2D eigenvalue weighted by atomic mass is 35.5. The Hall–Kier alpha value is -4.51. The van der Waals surface area contributed by atoms with E-state index in [1.807, 2.05) is 31.2 Å². The van der Waals surface area contributed by atoms with Crippen LogP contribution in [-0.4, -0.2) is 21.6 Å². The first-order valence-corrected chi connectivity index (χ1v) is 14.1. The van der Waals surface area contributed by atoms with Gasteiger partial charge in [-0.3, -0.25) is 10.2 Å². The smallest absolute Gasteiger partial charge is 0.251 e. The van der Waals surface area contributed by atoms with Crippen LogP contribution in [0.4, 0.5) is 4.39 Å². The van der Waals surface area contributed by atoms with Gasteiger partial charge in [0.1, 0.15) is 23.4 Å². The number of hydrogen-bond acceptors (Lipinski definition) is 4. The summed E-state index contributed by atoms with van der Waals surface area (Å²) in [7, 11) is 0. The lowest BCUT2D eigenvalue weighted by Gasteiger charge is -2.20. The molecule has 1 amide bonds. The van der Waals surface area contributed by atoms with E-state index in [0.29, 0.717) is 54.7 Å². The Kier molecular flexibility index (Phi) is 8.39. The Morgan fingerprint density at radius 2 is 1.86 bits per heavy atom. The van der Waals surface area contributed by atoms with Gasteiger partial charge in [0.2, 0.25) is 0 Å². The highest BCUT2D eigenvalue weighted by Gasteiger charge is 2.22. The summed E-state index contributed by atoms with van der Waals surface area (Å²) in [4.78, 5) is 21.3. The molecule has 0 aliphatic heterocycles. The van der Waals surface area contributed by atoms with Crippen molar-refractivity contribution in [3.8, 4) is 28.6 Å². The lowest BCUT2D eigenvalue weighted by atomic mass is 9.91. The van der Waals surface area contributed by atoms with Crippen LogP contribution in [0.2, 0.25) is 10.0 Å². The zero-order valence-electron chi connectivity index (χ0n) is 22.9. The number of nitrogens with zero attached hydrogens (tertiary/aromatic N) is 2. The number of amides is 1. The van der Waals surface area contributed by atoms with Gasteiger partial charge in [0.05, 0.1) is 17.1 Å². The van der Waals surface area contributed by atoms with E-state index in [2.05, 4.69) is 15.3 Å². The minimum atomic E-state index is -0.359. The van der Waals surface area contributed by atoms with E-state index >= 15 is 0 Å². The van der Waals surface area contributed by atoms with Crippen LogP contribution in [-0.2, 0) is 0 Å². The third kappa shape index (κ3) is 5.78. The molecule has 1 aromatic heterocycles. The van der Waals surface area contributed by atoms with E-state index in [-0.39, 0.29) is 29.0 Å². The van der Waals surface area contributed by atoms with Gasteiger partial charge in [-0.1, -0.05) is 66.9 Å². The first-order valence-electron chi connectivity index (χ1n) is 13.3. The Bertz CT molecular complexity index is 1840. The largest absolute Gasteiger partial charge is 0.345 e. The first-order chi connectivity index (χ1) is 20.2. The molecule has 4 aromatic carbocycles. The molecule has 0 radical (unpaired) electrons. The maximum absolute atomic E-state index is 14.2. The Morgan fingerprint density at radius 1 is 1.10 bits per heavy atom. The molecule has 5 aromatic rings. The van der Waals surface area contributed by atoms with Crippen molar-refractivity contribution in [3.63, 3.8) is 0 Å². The van der Waals surface area contributed by atoms with Gasteiger partial charge in [0.25, 0.3) is 5.91 Å². The second-order valence-corrected chi connectivity index (χ2v) is 10.8. The van der Waals surface area contributed by atoms with E-state index in [0.717, 1.165) is 18.4 Å². The predicted molar refractivity (Wildman–Crippen MR) is 166 cm³/mol. The van der Waals surface area contributed by atoms with Crippen LogP contribution in [0, 0.1) is 29.5 Å². The summed E-state index contributed by atoms with van der Waals surface area (Å²) in [6, 6.07) is 22.2. The van der Waals surface area contributed by atoms with Crippen LogP contribution in [0.5, 0.6) is 0 Å². The Labute approximate surface area is 252 Å². The Balaban J connectivity index is 1.57. The van der Waals surface area contributed by atoms with Crippen molar-refractivity contribution < 1.29 is 9.18 Å². The average molecular weight is 599 g/mol. The Morgan fingerprint density at radius 3 is 2.57 bits per heavy atom. The number of nitrogens with one attached hydrogen (secondary N) is 3. The molecule has 0 saturated carbocycles. The molecule has 0 aliphatic carbocycles. The number of benzene rings is 4. The first kappa shape index (κ1) is 29.0. The van der Waals surface area contributed by atoms with Crippen molar-refractivity contribution in [1.82, 2.24) is 15.3 Å². The molecule has 3 N–H and O–H groups in total. The summed E-state index contributed by atoms with van der Waals surface area (Å²) < 4.78 is 14.2. The molecule has 0 bridgehead atoms. The summed E-state index contributed by atoms with van der Waals surface area (Å²) in [6.45, 7) is 3.72. The molecule has 1 unspecified atom stereocenters. The van der Waals surface area contributed by atoms with Gasteiger partial charge in [-0.15, -0.1) is 0 Å². The van der Waals surface area contributed by atoms with Crippen molar-refractivity contribution in [2.45, 2.75) is 32.7 Å². The van der Waals surface area contributed by atoms with E-state index in [9.17, 15) is 14.4 Å². The minimum Gasteiger partial charge on any atom is -0.345 e. The molecule has 0 saturated heterocycles. The van der Waals surface area contributed by atoms with Crippen LogP contribution in [0.1, 0.15) is 52.9 Å². The van der Waals surface area contributed by atoms with Crippen LogP contribution in [0.3, 0.4) is 0 Å². The number of carbonyl (C=O) groups is 1. The number of aromatic nitrogens is 2. The number of nitriles is 1. The lowest BCUT2D eigenvalue weighted by Crippen LogP contribution is -2.28. The highest BCUT2D eigenvalue weighted by molar-refractivity contribution is 6.34. The number of hydrogen-bond donors (Lipinski definition) is 3. The third-order valence-corrected chi connectivity index (χ3v) is 7.69. The number of H-pyrrole nitrogens is 1. The average Bonchev–Trinajstić information content (AvgIpc) is 3.39. The SMILES string of the molecule is CCCC(NC(=O)c1ccc(-c2c(Cl)cccc2-c2nc3cc(F)c(C)cc3[nH]2)c(C(=N)C#N)c1)c1ccc(Cl)cc1. The number of rotatable bonds is 8. The van der Waals surface area contributed by atoms with Gasteiger partial charge in [0, 0.05) is 38.4 Å². The summed E-state index contributed by atoms with van der Waals surface area (Å²) in [5.74, 6) is -0.243. The van der Waals surface area contributed by atoms with E-state index in [4.69, 9.17) is 28.6 Å². The van der Waals surface area contributed by atoms with Crippen LogP contribution in [0.15, 0.2) is 72.8 Å². The molecule has 210 valence electrons. The number of aryl methyl sites for hydroxylation is 1. The van der Waals surface area contributed by atoms with Gasteiger partial charge in [-0.2, -0.15) is 5.26 Å². The zero-order chi connectivity index (χ0) is 30.0. The van der Waals surface area contributed by atoms with Crippen LogP contribution >= 0.6 is 23.2 Å². The summed E-state index contributed by atoms with van der Waals surface area (Å²) in [6.07, 6.45) is 1.57. The number of fused-ring (bicyclic) bond motifs is 1. The maximum atomic E-state index is 14.2. The summed E-state index contributed by atoms with van der Waals surface area (Å²) in [5, 5.41) is 22.2. The van der Waals surface area contributed by atoms with Crippen LogP contribution < -0.4 is 5.32 Å². The number of halogens is 3. The molecule has 1 heterocycles. The van der Waals surface area contributed by atoms with Gasteiger partial charge < -0.3 is 10.3 Å². The van der Waals surface area contributed by atoms with Crippen molar-refractivity contribution in [2.24, 2.45) is 0 Å². The fourth-order valence-corrected chi connectivity index (χ4v) is 5.38. The molecule has 5 rings (SSSR count). The van der Waals surface area contributed by atoms with Gasteiger partial charge in [-0.25, -0.2) is 9.37 Å². The minimum absolute atomic E-state index is 0.241. The lowest BCUT2D eigenvalue weighted by molar-refractivity contribution is 0.0934. The fraction of sp³-hybridized carbons (Fsp3) is 0.152. The molecule has 9 heteroatoms. The van der Waals surface area contributed by atoms with Crippen molar-refractivity contribution >= 4 is 45.9 Å². The third-order valence-electron chi connectivity index (χ3n) is 7.12. The van der Waals surface area contributed by atoms with Crippen molar-refractivity contribution in [2.75, 3.05) is 0 Å². The molecular weight excluding hydrogens is 572 g/mol.